The number of hydrogen-bond donors (Lipinski definition) is 3. The molecule has 122 valence electrons. The van der Waals surface area contributed by atoms with Gasteiger partial charge in [-0.3, -0.25) is 9.59 Å². The van der Waals surface area contributed by atoms with Crippen LogP contribution >= 0.6 is 0 Å². The highest BCUT2D eigenvalue weighted by Crippen LogP contribution is 2.10. The molecule has 3 unspecified atom stereocenters. The number of nitrogens with one attached hydrogen (secondary N) is 2. The van der Waals surface area contributed by atoms with Crippen LogP contribution < -0.4 is 10.6 Å². The van der Waals surface area contributed by atoms with Crippen LogP contribution in [0.2, 0.25) is 0 Å². The summed E-state index contributed by atoms with van der Waals surface area (Å²) in [7, 11) is 0. The highest BCUT2D eigenvalue weighted by atomic mass is 16.3. The Bertz CT molecular complexity index is 476. The Morgan fingerprint density at radius 3 is 2.32 bits per heavy atom. The summed E-state index contributed by atoms with van der Waals surface area (Å²) < 4.78 is 0. The van der Waals surface area contributed by atoms with Crippen molar-refractivity contribution < 1.29 is 14.7 Å². The van der Waals surface area contributed by atoms with Gasteiger partial charge in [-0.1, -0.05) is 38.5 Å². The normalized spacial score (nSPS) is 14.7. The molecule has 0 saturated carbocycles. The third-order valence-electron chi connectivity index (χ3n) is 3.77. The number of carbonyl (C=O) groups is 2. The van der Waals surface area contributed by atoms with Gasteiger partial charge in [-0.05, 0) is 31.4 Å². The summed E-state index contributed by atoms with van der Waals surface area (Å²) in [6.07, 6.45) is 1.27. The van der Waals surface area contributed by atoms with Crippen LogP contribution in [0.5, 0.6) is 0 Å². The van der Waals surface area contributed by atoms with Crippen molar-refractivity contribution in [2.45, 2.75) is 45.7 Å². The topological polar surface area (TPSA) is 78.4 Å². The quantitative estimate of drug-likeness (QED) is 0.684. The first-order valence-corrected chi connectivity index (χ1v) is 7.76. The second-order valence-corrected chi connectivity index (χ2v) is 5.62. The van der Waals surface area contributed by atoms with E-state index in [0.29, 0.717) is 12.0 Å². The SMILES string of the molecule is CCC(C)C(NC(=O)c1ccccc1)C(=O)NC(C)CCO. The zero-order chi connectivity index (χ0) is 16.5. The average Bonchev–Trinajstić information content (AvgIpc) is 2.52. The molecule has 0 aliphatic carbocycles. The minimum atomic E-state index is -0.584. The van der Waals surface area contributed by atoms with Crippen LogP contribution in [0.25, 0.3) is 0 Å². The lowest BCUT2D eigenvalue weighted by Gasteiger charge is -2.25. The maximum Gasteiger partial charge on any atom is 0.251 e. The first-order chi connectivity index (χ1) is 10.5. The number of carbonyl (C=O) groups excluding carboxylic acids is 2. The summed E-state index contributed by atoms with van der Waals surface area (Å²) in [6.45, 7) is 5.77. The van der Waals surface area contributed by atoms with Gasteiger partial charge in [-0.2, -0.15) is 0 Å². The predicted octanol–water partition coefficient (Wildman–Crippen LogP) is 1.72. The molecule has 0 aliphatic rings. The van der Waals surface area contributed by atoms with Crippen LogP contribution in [-0.4, -0.2) is 35.6 Å². The van der Waals surface area contributed by atoms with Gasteiger partial charge >= 0.3 is 0 Å². The van der Waals surface area contributed by atoms with Gasteiger partial charge in [0.2, 0.25) is 5.91 Å². The first-order valence-electron chi connectivity index (χ1n) is 7.76. The molecule has 1 aromatic rings. The molecular weight excluding hydrogens is 280 g/mol. The summed E-state index contributed by atoms with van der Waals surface area (Å²) in [6, 6.07) is 8.14. The fraction of sp³-hybridized carbons (Fsp3) is 0.529. The van der Waals surface area contributed by atoms with E-state index >= 15 is 0 Å². The maximum atomic E-state index is 12.4. The highest BCUT2D eigenvalue weighted by Gasteiger charge is 2.27. The fourth-order valence-electron chi connectivity index (χ4n) is 2.11. The van der Waals surface area contributed by atoms with E-state index in [9.17, 15) is 9.59 Å². The standard InChI is InChI=1S/C17H26N2O3/c1-4-12(2)15(17(22)18-13(3)10-11-20)19-16(21)14-8-6-5-7-9-14/h5-9,12-13,15,20H,4,10-11H2,1-3H3,(H,18,22)(H,19,21). The van der Waals surface area contributed by atoms with E-state index in [1.54, 1.807) is 24.3 Å². The number of amides is 2. The van der Waals surface area contributed by atoms with Gasteiger partial charge in [-0.25, -0.2) is 0 Å². The lowest BCUT2D eigenvalue weighted by Crippen LogP contribution is -2.52. The molecule has 3 atom stereocenters. The molecule has 1 aromatic carbocycles. The molecule has 2 amide bonds. The Morgan fingerprint density at radius 2 is 1.77 bits per heavy atom. The molecule has 3 N–H and O–H groups in total. The lowest BCUT2D eigenvalue weighted by atomic mass is 9.97. The van der Waals surface area contributed by atoms with E-state index in [-0.39, 0.29) is 30.4 Å². The number of rotatable bonds is 8. The van der Waals surface area contributed by atoms with E-state index in [2.05, 4.69) is 10.6 Å². The van der Waals surface area contributed by atoms with Crippen LogP contribution in [-0.2, 0) is 4.79 Å². The Morgan fingerprint density at radius 1 is 1.14 bits per heavy atom. The van der Waals surface area contributed by atoms with Crippen molar-refractivity contribution in [1.29, 1.82) is 0 Å². The number of benzene rings is 1. The zero-order valence-corrected chi connectivity index (χ0v) is 13.5. The molecule has 0 spiro atoms. The predicted molar refractivity (Wildman–Crippen MR) is 86.5 cm³/mol. The average molecular weight is 306 g/mol. The van der Waals surface area contributed by atoms with Crippen molar-refractivity contribution in [2.24, 2.45) is 5.92 Å². The Balaban J connectivity index is 2.76. The van der Waals surface area contributed by atoms with E-state index in [1.165, 1.54) is 0 Å². The lowest BCUT2D eigenvalue weighted by molar-refractivity contribution is -0.124. The second-order valence-electron chi connectivity index (χ2n) is 5.62. The van der Waals surface area contributed by atoms with Crippen molar-refractivity contribution in [3.05, 3.63) is 35.9 Å². The van der Waals surface area contributed by atoms with Gasteiger partial charge in [0.25, 0.3) is 5.91 Å². The largest absolute Gasteiger partial charge is 0.396 e. The van der Waals surface area contributed by atoms with Gasteiger partial charge in [0.05, 0.1) is 0 Å². The summed E-state index contributed by atoms with van der Waals surface area (Å²) in [5, 5.41) is 14.6. The molecule has 22 heavy (non-hydrogen) atoms. The van der Waals surface area contributed by atoms with Crippen LogP contribution in [0.15, 0.2) is 30.3 Å². The minimum absolute atomic E-state index is 0.0197. The van der Waals surface area contributed by atoms with Crippen LogP contribution in [0.1, 0.15) is 44.0 Å². The molecule has 1 rings (SSSR count). The van der Waals surface area contributed by atoms with Gasteiger partial charge in [0.1, 0.15) is 6.04 Å². The second kappa shape index (κ2) is 9.20. The number of aliphatic hydroxyl groups is 1. The molecule has 0 heterocycles. The molecule has 0 fully saturated rings. The molecule has 0 bridgehead atoms. The van der Waals surface area contributed by atoms with Crippen LogP contribution in [0.4, 0.5) is 0 Å². The van der Waals surface area contributed by atoms with Crippen molar-refractivity contribution in [2.75, 3.05) is 6.61 Å². The molecular formula is C17H26N2O3. The summed E-state index contributed by atoms with van der Waals surface area (Å²) in [5.74, 6) is -0.440. The van der Waals surface area contributed by atoms with Crippen molar-refractivity contribution in [3.8, 4) is 0 Å². The summed E-state index contributed by atoms with van der Waals surface area (Å²) in [4.78, 5) is 24.6. The van der Waals surface area contributed by atoms with E-state index in [0.717, 1.165) is 6.42 Å². The minimum Gasteiger partial charge on any atom is -0.396 e. The van der Waals surface area contributed by atoms with E-state index < -0.39 is 6.04 Å². The van der Waals surface area contributed by atoms with E-state index in [1.807, 2.05) is 26.8 Å². The van der Waals surface area contributed by atoms with Crippen molar-refractivity contribution in [3.63, 3.8) is 0 Å². The van der Waals surface area contributed by atoms with Crippen molar-refractivity contribution in [1.82, 2.24) is 10.6 Å². The third kappa shape index (κ3) is 5.48. The zero-order valence-electron chi connectivity index (χ0n) is 13.5. The van der Waals surface area contributed by atoms with Gasteiger partial charge in [0, 0.05) is 18.2 Å². The van der Waals surface area contributed by atoms with Gasteiger partial charge in [0.15, 0.2) is 0 Å². The van der Waals surface area contributed by atoms with Gasteiger partial charge < -0.3 is 15.7 Å². The fourth-order valence-corrected chi connectivity index (χ4v) is 2.11. The first kappa shape index (κ1) is 18.2. The molecule has 0 aromatic heterocycles. The summed E-state index contributed by atoms with van der Waals surface area (Å²) >= 11 is 0. The Labute approximate surface area is 132 Å². The monoisotopic (exact) mass is 306 g/mol. The van der Waals surface area contributed by atoms with Gasteiger partial charge in [-0.15, -0.1) is 0 Å². The Kier molecular flexibility index (Phi) is 7.60. The molecule has 0 radical (unpaired) electrons. The molecule has 0 aliphatic heterocycles. The highest BCUT2D eigenvalue weighted by molar-refractivity contribution is 5.97. The van der Waals surface area contributed by atoms with Crippen LogP contribution in [0.3, 0.4) is 0 Å². The molecule has 5 heteroatoms. The third-order valence-corrected chi connectivity index (χ3v) is 3.77. The molecule has 0 saturated heterocycles. The van der Waals surface area contributed by atoms with Crippen LogP contribution in [0, 0.1) is 5.92 Å². The van der Waals surface area contributed by atoms with E-state index in [4.69, 9.17) is 5.11 Å². The maximum absolute atomic E-state index is 12.4. The number of aliphatic hydroxyl groups excluding tert-OH is 1. The number of hydrogen-bond acceptors (Lipinski definition) is 3. The van der Waals surface area contributed by atoms with Crippen molar-refractivity contribution >= 4 is 11.8 Å². The molecule has 5 nitrogen and oxygen atoms in total. The summed E-state index contributed by atoms with van der Waals surface area (Å²) in [5.41, 5.74) is 0.534. The Hall–Kier alpha value is -1.88. The smallest absolute Gasteiger partial charge is 0.251 e.